The van der Waals surface area contributed by atoms with Crippen molar-refractivity contribution in [2.24, 2.45) is 7.05 Å². The highest BCUT2D eigenvalue weighted by atomic mass is 16.1. The number of aromatic nitrogens is 6. The summed E-state index contributed by atoms with van der Waals surface area (Å²) in [7, 11) is 1.84. The Bertz CT molecular complexity index is 862. The number of nitrogens with one attached hydrogen (secondary N) is 1. The SMILES string of the molecule is Cn1cc(Nc2nccc(-c3cnn(C4(C=O)CC4)c3)n2)cn1. The minimum atomic E-state index is -0.442. The molecular formula is C15H15N7O. The predicted octanol–water partition coefficient (Wildman–Crippen LogP) is 1.51. The Morgan fingerprint density at radius 2 is 2.13 bits per heavy atom. The molecule has 0 amide bonds. The van der Waals surface area contributed by atoms with Gasteiger partial charge in [-0.15, -0.1) is 0 Å². The van der Waals surface area contributed by atoms with Crippen LogP contribution in [0.1, 0.15) is 12.8 Å². The molecule has 3 aromatic heterocycles. The van der Waals surface area contributed by atoms with Crippen LogP contribution in [0.4, 0.5) is 11.6 Å². The number of carbonyl (C=O) groups is 1. The van der Waals surface area contributed by atoms with E-state index in [0.717, 1.165) is 36.1 Å². The topological polar surface area (TPSA) is 90.5 Å². The van der Waals surface area contributed by atoms with Gasteiger partial charge in [-0.1, -0.05) is 0 Å². The zero-order valence-electron chi connectivity index (χ0n) is 12.5. The van der Waals surface area contributed by atoms with Crippen LogP contribution in [0, 0.1) is 0 Å². The molecule has 23 heavy (non-hydrogen) atoms. The molecule has 0 bridgehead atoms. The zero-order chi connectivity index (χ0) is 15.9. The fraction of sp³-hybridized carbons (Fsp3) is 0.267. The molecule has 0 atom stereocenters. The summed E-state index contributed by atoms with van der Waals surface area (Å²) in [6.07, 6.45) is 11.5. The fourth-order valence-corrected chi connectivity index (χ4v) is 2.42. The molecule has 0 spiro atoms. The van der Waals surface area contributed by atoms with Crippen LogP contribution in [0.5, 0.6) is 0 Å². The van der Waals surface area contributed by atoms with E-state index in [4.69, 9.17) is 0 Å². The molecular weight excluding hydrogens is 294 g/mol. The Balaban J connectivity index is 1.60. The molecule has 0 radical (unpaired) electrons. The van der Waals surface area contributed by atoms with Crippen LogP contribution in [0.3, 0.4) is 0 Å². The average molecular weight is 309 g/mol. The first-order valence-corrected chi connectivity index (χ1v) is 7.29. The Labute approximate surface area is 132 Å². The van der Waals surface area contributed by atoms with Gasteiger partial charge in [-0.3, -0.25) is 9.36 Å². The van der Waals surface area contributed by atoms with E-state index >= 15 is 0 Å². The molecule has 3 aromatic rings. The monoisotopic (exact) mass is 309 g/mol. The second kappa shape index (κ2) is 5.01. The lowest BCUT2D eigenvalue weighted by Crippen LogP contribution is -2.18. The van der Waals surface area contributed by atoms with E-state index in [9.17, 15) is 4.79 Å². The lowest BCUT2D eigenvalue weighted by Gasteiger charge is -2.06. The standard InChI is InChI=1S/C15H15N7O/c1-21-9-12(7-17-21)19-14-16-5-2-13(20-14)11-6-18-22(8-11)15(10-23)3-4-15/h2,5-10H,3-4H2,1H3,(H,16,19,20). The maximum atomic E-state index is 11.2. The molecule has 1 aliphatic rings. The van der Waals surface area contributed by atoms with Crippen molar-refractivity contribution in [1.82, 2.24) is 29.5 Å². The molecule has 1 aliphatic carbocycles. The summed E-state index contributed by atoms with van der Waals surface area (Å²) in [5.74, 6) is 0.486. The highest BCUT2D eigenvalue weighted by Crippen LogP contribution is 2.41. The Morgan fingerprint density at radius 1 is 1.26 bits per heavy atom. The van der Waals surface area contributed by atoms with Crippen LogP contribution in [0.25, 0.3) is 11.3 Å². The smallest absolute Gasteiger partial charge is 0.227 e. The molecule has 1 N–H and O–H groups in total. The van der Waals surface area contributed by atoms with Crippen LogP contribution in [0.15, 0.2) is 37.1 Å². The molecule has 8 nitrogen and oxygen atoms in total. The van der Waals surface area contributed by atoms with Gasteiger partial charge in [-0.2, -0.15) is 10.2 Å². The molecule has 0 aliphatic heterocycles. The second-order valence-electron chi connectivity index (χ2n) is 5.69. The van der Waals surface area contributed by atoms with Crippen LogP contribution < -0.4 is 5.32 Å². The molecule has 0 aromatic carbocycles. The molecule has 116 valence electrons. The summed E-state index contributed by atoms with van der Waals surface area (Å²) in [5, 5.41) is 11.5. The summed E-state index contributed by atoms with van der Waals surface area (Å²) in [4.78, 5) is 19.9. The largest absolute Gasteiger partial charge is 0.321 e. The van der Waals surface area contributed by atoms with E-state index in [1.54, 1.807) is 28.0 Å². The van der Waals surface area contributed by atoms with E-state index in [2.05, 4.69) is 25.5 Å². The maximum absolute atomic E-state index is 11.2. The Hall–Kier alpha value is -3.03. The van der Waals surface area contributed by atoms with Crippen molar-refractivity contribution in [1.29, 1.82) is 0 Å². The van der Waals surface area contributed by atoms with Crippen molar-refractivity contribution in [3.8, 4) is 11.3 Å². The average Bonchev–Trinajstić information content (AvgIpc) is 3.00. The van der Waals surface area contributed by atoms with E-state index in [-0.39, 0.29) is 0 Å². The van der Waals surface area contributed by atoms with Crippen LogP contribution >= 0.6 is 0 Å². The van der Waals surface area contributed by atoms with Gasteiger partial charge >= 0.3 is 0 Å². The van der Waals surface area contributed by atoms with Gasteiger partial charge in [0.2, 0.25) is 5.95 Å². The van der Waals surface area contributed by atoms with Crippen LogP contribution in [-0.2, 0) is 17.4 Å². The lowest BCUT2D eigenvalue weighted by atomic mass is 10.2. The minimum absolute atomic E-state index is 0.442. The molecule has 0 saturated heterocycles. The van der Waals surface area contributed by atoms with Gasteiger partial charge in [0.25, 0.3) is 0 Å². The van der Waals surface area contributed by atoms with E-state index in [1.165, 1.54) is 0 Å². The summed E-state index contributed by atoms with van der Waals surface area (Å²) in [5.41, 5.74) is 1.98. The number of hydrogen-bond acceptors (Lipinski definition) is 6. The molecule has 8 heteroatoms. The summed E-state index contributed by atoms with van der Waals surface area (Å²) >= 11 is 0. The Kier molecular flexibility index (Phi) is 2.97. The van der Waals surface area contributed by atoms with Gasteiger partial charge < -0.3 is 10.1 Å². The van der Waals surface area contributed by atoms with Crippen molar-refractivity contribution in [3.63, 3.8) is 0 Å². The number of hydrogen-bond donors (Lipinski definition) is 1. The van der Waals surface area contributed by atoms with Crippen molar-refractivity contribution in [2.45, 2.75) is 18.4 Å². The molecule has 1 saturated carbocycles. The molecule has 3 heterocycles. The van der Waals surface area contributed by atoms with Crippen LogP contribution in [-0.4, -0.2) is 35.8 Å². The van der Waals surface area contributed by atoms with E-state index in [0.29, 0.717) is 5.95 Å². The number of carbonyl (C=O) groups excluding carboxylic acids is 1. The van der Waals surface area contributed by atoms with Crippen molar-refractivity contribution in [2.75, 3.05) is 5.32 Å². The van der Waals surface area contributed by atoms with Crippen molar-refractivity contribution < 1.29 is 4.79 Å². The van der Waals surface area contributed by atoms with Crippen molar-refractivity contribution in [3.05, 3.63) is 37.1 Å². The number of aldehydes is 1. The number of rotatable bonds is 5. The molecule has 1 fully saturated rings. The second-order valence-corrected chi connectivity index (χ2v) is 5.69. The quantitative estimate of drug-likeness (QED) is 0.718. The maximum Gasteiger partial charge on any atom is 0.227 e. The molecule has 4 rings (SSSR count). The van der Waals surface area contributed by atoms with Crippen LogP contribution in [0.2, 0.25) is 0 Å². The fourth-order valence-electron chi connectivity index (χ4n) is 2.42. The summed E-state index contributed by atoms with van der Waals surface area (Å²) in [6, 6.07) is 1.82. The third-order valence-electron chi connectivity index (χ3n) is 3.93. The van der Waals surface area contributed by atoms with Gasteiger partial charge in [0.05, 0.1) is 23.8 Å². The third kappa shape index (κ3) is 2.48. The first-order chi connectivity index (χ1) is 11.2. The van der Waals surface area contributed by atoms with E-state index < -0.39 is 5.54 Å². The summed E-state index contributed by atoms with van der Waals surface area (Å²) in [6.45, 7) is 0. The highest BCUT2D eigenvalue weighted by Gasteiger charge is 2.45. The van der Waals surface area contributed by atoms with Gasteiger partial charge in [0.1, 0.15) is 11.8 Å². The Morgan fingerprint density at radius 3 is 2.83 bits per heavy atom. The first-order valence-electron chi connectivity index (χ1n) is 7.29. The normalized spacial score (nSPS) is 15.3. The van der Waals surface area contributed by atoms with E-state index in [1.807, 2.05) is 25.5 Å². The minimum Gasteiger partial charge on any atom is -0.321 e. The zero-order valence-corrected chi connectivity index (χ0v) is 12.5. The number of anilines is 2. The third-order valence-corrected chi connectivity index (χ3v) is 3.93. The number of aryl methyl sites for hydroxylation is 1. The summed E-state index contributed by atoms with van der Waals surface area (Å²) < 4.78 is 3.43. The predicted molar refractivity (Wildman–Crippen MR) is 83.0 cm³/mol. The number of nitrogens with zero attached hydrogens (tertiary/aromatic N) is 6. The van der Waals surface area contributed by atoms with Gasteiger partial charge in [0.15, 0.2) is 0 Å². The van der Waals surface area contributed by atoms with Gasteiger partial charge in [-0.25, -0.2) is 9.97 Å². The highest BCUT2D eigenvalue weighted by molar-refractivity contribution is 5.67. The lowest BCUT2D eigenvalue weighted by molar-refractivity contribution is -0.111. The van der Waals surface area contributed by atoms with Gasteiger partial charge in [0, 0.05) is 31.2 Å². The van der Waals surface area contributed by atoms with Gasteiger partial charge in [-0.05, 0) is 18.9 Å². The first kappa shape index (κ1) is 13.6. The molecule has 0 unspecified atom stereocenters. The van der Waals surface area contributed by atoms with Crippen molar-refractivity contribution >= 4 is 17.9 Å².